The SMILES string of the molecule is CC.COC(=O)c1cc(OC)c2nc3cc(OC)c(O)cc3nc2c1. The lowest BCUT2D eigenvalue weighted by atomic mass is 10.1. The Labute approximate surface area is 145 Å². The number of phenols is 1. The molecule has 0 saturated heterocycles. The molecular formula is C18H20N2O5. The summed E-state index contributed by atoms with van der Waals surface area (Å²) in [6, 6.07) is 6.16. The molecule has 0 aliphatic carbocycles. The van der Waals surface area contributed by atoms with E-state index in [2.05, 4.69) is 9.97 Å². The number of hydrogen-bond donors (Lipinski definition) is 1. The van der Waals surface area contributed by atoms with Gasteiger partial charge in [0, 0.05) is 12.1 Å². The molecule has 25 heavy (non-hydrogen) atoms. The van der Waals surface area contributed by atoms with E-state index < -0.39 is 5.97 Å². The summed E-state index contributed by atoms with van der Waals surface area (Å²) in [5.74, 6) is 0.176. The van der Waals surface area contributed by atoms with Crippen LogP contribution in [0.3, 0.4) is 0 Å². The van der Waals surface area contributed by atoms with Crippen LogP contribution >= 0.6 is 0 Å². The summed E-state index contributed by atoms with van der Waals surface area (Å²) >= 11 is 0. The normalized spacial score (nSPS) is 10.1. The lowest BCUT2D eigenvalue weighted by molar-refractivity contribution is 0.0600. The second-order valence-corrected chi connectivity index (χ2v) is 4.77. The monoisotopic (exact) mass is 344 g/mol. The summed E-state index contributed by atoms with van der Waals surface area (Å²) in [5, 5.41) is 9.87. The van der Waals surface area contributed by atoms with E-state index in [9.17, 15) is 9.90 Å². The highest BCUT2D eigenvalue weighted by atomic mass is 16.5. The third kappa shape index (κ3) is 3.40. The molecule has 0 aliphatic heterocycles. The van der Waals surface area contributed by atoms with Gasteiger partial charge in [0.1, 0.15) is 11.3 Å². The van der Waals surface area contributed by atoms with Gasteiger partial charge in [-0.15, -0.1) is 0 Å². The third-order valence-corrected chi connectivity index (χ3v) is 3.45. The molecule has 0 atom stereocenters. The summed E-state index contributed by atoms with van der Waals surface area (Å²) in [6.07, 6.45) is 0. The quantitative estimate of drug-likeness (QED) is 0.575. The molecule has 0 bridgehead atoms. The van der Waals surface area contributed by atoms with Crippen molar-refractivity contribution in [1.29, 1.82) is 0 Å². The zero-order chi connectivity index (χ0) is 18.6. The topological polar surface area (TPSA) is 90.8 Å². The first-order chi connectivity index (χ1) is 12.1. The Morgan fingerprint density at radius 3 is 2.12 bits per heavy atom. The van der Waals surface area contributed by atoms with Gasteiger partial charge in [-0.1, -0.05) is 13.8 Å². The van der Waals surface area contributed by atoms with Crippen LogP contribution in [-0.2, 0) is 4.74 Å². The second kappa shape index (κ2) is 7.65. The number of carbonyl (C=O) groups excluding carboxylic acids is 1. The van der Waals surface area contributed by atoms with Crippen molar-refractivity contribution in [1.82, 2.24) is 9.97 Å². The first-order valence-corrected chi connectivity index (χ1v) is 7.72. The number of aromatic hydroxyl groups is 1. The minimum atomic E-state index is -0.496. The molecule has 3 aromatic rings. The molecule has 1 aromatic heterocycles. The van der Waals surface area contributed by atoms with Crippen LogP contribution in [0.15, 0.2) is 24.3 Å². The van der Waals surface area contributed by atoms with Gasteiger partial charge in [-0.3, -0.25) is 0 Å². The predicted octanol–water partition coefficient (Wildman–Crippen LogP) is 3.32. The molecule has 0 spiro atoms. The number of ether oxygens (including phenoxy) is 3. The number of aromatic nitrogens is 2. The van der Waals surface area contributed by atoms with Gasteiger partial charge in [-0.2, -0.15) is 0 Å². The summed E-state index contributed by atoms with van der Waals surface area (Å²) in [6.45, 7) is 4.00. The minimum Gasteiger partial charge on any atom is -0.504 e. The van der Waals surface area contributed by atoms with Crippen molar-refractivity contribution in [2.45, 2.75) is 13.8 Å². The maximum atomic E-state index is 11.7. The molecule has 0 radical (unpaired) electrons. The summed E-state index contributed by atoms with van der Waals surface area (Å²) in [5.41, 5.74) is 2.28. The number of esters is 1. The summed E-state index contributed by atoms with van der Waals surface area (Å²) in [4.78, 5) is 20.7. The van der Waals surface area contributed by atoms with Crippen molar-refractivity contribution in [2.24, 2.45) is 0 Å². The van der Waals surface area contributed by atoms with Crippen LogP contribution < -0.4 is 9.47 Å². The molecule has 1 N–H and O–H groups in total. The first kappa shape index (κ1) is 18.3. The second-order valence-electron chi connectivity index (χ2n) is 4.77. The molecule has 3 rings (SSSR count). The third-order valence-electron chi connectivity index (χ3n) is 3.45. The predicted molar refractivity (Wildman–Crippen MR) is 94.5 cm³/mol. The van der Waals surface area contributed by atoms with Crippen LogP contribution in [0.4, 0.5) is 0 Å². The van der Waals surface area contributed by atoms with Crippen molar-refractivity contribution in [3.63, 3.8) is 0 Å². The van der Waals surface area contributed by atoms with Crippen molar-refractivity contribution in [3.8, 4) is 17.2 Å². The van der Waals surface area contributed by atoms with Gasteiger partial charge in [0.2, 0.25) is 0 Å². The van der Waals surface area contributed by atoms with Gasteiger partial charge in [0.05, 0.1) is 43.4 Å². The van der Waals surface area contributed by atoms with Gasteiger partial charge in [-0.05, 0) is 12.1 Å². The number of nitrogens with zero attached hydrogens (tertiary/aromatic N) is 2. The van der Waals surface area contributed by atoms with E-state index in [1.54, 1.807) is 18.2 Å². The molecule has 0 unspecified atom stereocenters. The minimum absolute atomic E-state index is 0.0373. The lowest BCUT2D eigenvalue weighted by Gasteiger charge is -2.09. The molecule has 0 fully saturated rings. The fourth-order valence-electron chi connectivity index (χ4n) is 2.32. The molecular weight excluding hydrogens is 324 g/mol. The highest BCUT2D eigenvalue weighted by molar-refractivity contribution is 5.98. The van der Waals surface area contributed by atoms with Crippen LogP contribution in [0.5, 0.6) is 17.2 Å². The Balaban J connectivity index is 0.00000109. The number of benzene rings is 2. The van der Waals surface area contributed by atoms with Crippen LogP contribution in [0.2, 0.25) is 0 Å². The van der Waals surface area contributed by atoms with E-state index in [4.69, 9.17) is 14.2 Å². The molecule has 1 heterocycles. The zero-order valence-electron chi connectivity index (χ0n) is 14.8. The average Bonchev–Trinajstić information content (AvgIpc) is 2.65. The van der Waals surface area contributed by atoms with Gasteiger partial charge in [0.15, 0.2) is 11.5 Å². The van der Waals surface area contributed by atoms with E-state index in [-0.39, 0.29) is 5.75 Å². The molecule has 0 amide bonds. The van der Waals surface area contributed by atoms with Gasteiger partial charge >= 0.3 is 5.97 Å². The zero-order valence-corrected chi connectivity index (χ0v) is 14.8. The molecule has 0 aliphatic rings. The van der Waals surface area contributed by atoms with Crippen LogP contribution in [0, 0.1) is 0 Å². The molecule has 132 valence electrons. The van der Waals surface area contributed by atoms with Crippen molar-refractivity contribution < 1.29 is 24.1 Å². The smallest absolute Gasteiger partial charge is 0.338 e. The lowest BCUT2D eigenvalue weighted by Crippen LogP contribution is -2.03. The maximum absolute atomic E-state index is 11.7. The largest absolute Gasteiger partial charge is 0.504 e. The highest BCUT2D eigenvalue weighted by Gasteiger charge is 2.15. The van der Waals surface area contributed by atoms with Crippen molar-refractivity contribution >= 4 is 28.0 Å². The number of carbonyl (C=O) groups is 1. The number of fused-ring (bicyclic) bond motifs is 2. The number of rotatable bonds is 3. The Bertz CT molecular complexity index is 924. The highest BCUT2D eigenvalue weighted by Crippen LogP contribution is 2.32. The number of hydrogen-bond acceptors (Lipinski definition) is 7. The number of methoxy groups -OCH3 is 3. The van der Waals surface area contributed by atoms with Crippen molar-refractivity contribution in [3.05, 3.63) is 29.8 Å². The van der Waals surface area contributed by atoms with E-state index in [1.807, 2.05) is 13.8 Å². The van der Waals surface area contributed by atoms with Crippen LogP contribution in [-0.4, -0.2) is 42.4 Å². The van der Waals surface area contributed by atoms with Gasteiger partial charge < -0.3 is 19.3 Å². The van der Waals surface area contributed by atoms with Gasteiger partial charge in [0.25, 0.3) is 0 Å². The van der Waals surface area contributed by atoms with Crippen LogP contribution in [0.25, 0.3) is 22.1 Å². The molecule has 0 saturated carbocycles. The molecule has 2 aromatic carbocycles. The number of phenolic OH excluding ortho intramolecular Hbond substituents is 1. The van der Waals surface area contributed by atoms with E-state index in [1.165, 1.54) is 27.4 Å². The maximum Gasteiger partial charge on any atom is 0.338 e. The van der Waals surface area contributed by atoms with Crippen molar-refractivity contribution in [2.75, 3.05) is 21.3 Å². The fourth-order valence-corrected chi connectivity index (χ4v) is 2.32. The van der Waals surface area contributed by atoms with E-state index >= 15 is 0 Å². The Hall–Kier alpha value is -3.09. The Kier molecular flexibility index (Phi) is 5.59. The fraction of sp³-hybridized carbons (Fsp3) is 0.278. The summed E-state index contributed by atoms with van der Waals surface area (Å²) < 4.78 is 15.1. The summed E-state index contributed by atoms with van der Waals surface area (Å²) in [7, 11) is 4.24. The van der Waals surface area contributed by atoms with E-state index in [0.717, 1.165) is 0 Å². The average molecular weight is 344 g/mol. The van der Waals surface area contributed by atoms with Crippen LogP contribution in [0.1, 0.15) is 24.2 Å². The van der Waals surface area contributed by atoms with Gasteiger partial charge in [-0.25, -0.2) is 14.8 Å². The Morgan fingerprint density at radius 1 is 0.880 bits per heavy atom. The first-order valence-electron chi connectivity index (χ1n) is 7.72. The molecule has 7 nitrogen and oxygen atoms in total. The van der Waals surface area contributed by atoms with E-state index in [0.29, 0.717) is 39.1 Å². The standard InChI is InChI=1S/C16H14N2O5.C2H6/c1-21-13-7-10-9(6-12(13)19)17-11-4-8(16(20)23-3)5-14(22-2)15(11)18-10;1-2/h4-7,19H,1-3H3;1-2H3. The Morgan fingerprint density at radius 2 is 1.52 bits per heavy atom. The molecule has 7 heteroatoms.